The van der Waals surface area contributed by atoms with Crippen LogP contribution in [-0.2, 0) is 0 Å². The average molecular weight is 193 g/mol. The summed E-state index contributed by atoms with van der Waals surface area (Å²) in [4.78, 5) is 10.6. The quantitative estimate of drug-likeness (QED) is 0.744. The van der Waals surface area contributed by atoms with Crippen molar-refractivity contribution in [3.63, 3.8) is 0 Å². The van der Waals surface area contributed by atoms with Crippen molar-refractivity contribution in [1.82, 2.24) is 0 Å². The molecule has 0 fully saturated rings. The van der Waals surface area contributed by atoms with Gasteiger partial charge in [0.05, 0.1) is 0 Å². The van der Waals surface area contributed by atoms with E-state index in [2.05, 4.69) is 0 Å². The molecule has 0 aliphatic carbocycles. The highest BCUT2D eigenvalue weighted by molar-refractivity contribution is 5.69. The maximum absolute atomic E-state index is 10.6. The van der Waals surface area contributed by atoms with E-state index >= 15 is 0 Å². The molecule has 0 heterocycles. The summed E-state index contributed by atoms with van der Waals surface area (Å²) in [6.45, 7) is 7.95. The maximum Gasteiger partial charge on any atom is 0.409 e. The van der Waals surface area contributed by atoms with Gasteiger partial charge in [-0.25, -0.2) is 4.79 Å². The monoisotopic (exact) mass is 193 g/mol. The molecule has 0 saturated carbocycles. The summed E-state index contributed by atoms with van der Waals surface area (Å²) in [7, 11) is 0. The molecular formula is C11H15NO2. The van der Waals surface area contributed by atoms with E-state index in [-0.39, 0.29) is 0 Å². The second kappa shape index (κ2) is 3.70. The fourth-order valence-corrected chi connectivity index (χ4v) is 1.39. The molecule has 0 saturated heterocycles. The Kier molecular flexibility index (Phi) is 2.79. The summed E-state index contributed by atoms with van der Waals surface area (Å²) in [6, 6.07) is 1.84. The molecule has 1 aromatic rings. The van der Waals surface area contributed by atoms with Crippen molar-refractivity contribution >= 4 is 6.09 Å². The van der Waals surface area contributed by atoms with E-state index in [1.165, 1.54) is 5.56 Å². The molecular weight excluding hydrogens is 178 g/mol. The number of carbonyl (C=O) groups excluding carboxylic acids is 1. The number of benzene rings is 1. The molecule has 0 radical (unpaired) electrons. The topological polar surface area (TPSA) is 52.3 Å². The Morgan fingerprint density at radius 3 is 2.21 bits per heavy atom. The Bertz CT molecular complexity index is 383. The van der Waals surface area contributed by atoms with Gasteiger partial charge in [0.2, 0.25) is 0 Å². The Morgan fingerprint density at radius 1 is 1.14 bits per heavy atom. The van der Waals surface area contributed by atoms with Crippen molar-refractivity contribution in [2.24, 2.45) is 5.73 Å². The standard InChI is InChI=1S/C11H15NO2/c1-6-5-10(14-11(12)13)9(4)8(3)7(6)2/h5H,1-4H3,(H2,12,13). The molecule has 0 aliphatic heterocycles. The first kappa shape index (κ1) is 10.6. The van der Waals surface area contributed by atoms with E-state index in [1.54, 1.807) is 0 Å². The van der Waals surface area contributed by atoms with Crippen molar-refractivity contribution in [3.05, 3.63) is 28.3 Å². The number of amides is 1. The van der Waals surface area contributed by atoms with Gasteiger partial charge in [0.1, 0.15) is 5.75 Å². The first-order valence-electron chi connectivity index (χ1n) is 4.48. The van der Waals surface area contributed by atoms with Crippen LogP contribution in [0.1, 0.15) is 22.3 Å². The average Bonchev–Trinajstić information content (AvgIpc) is 2.10. The number of primary amides is 1. The fraction of sp³-hybridized carbons (Fsp3) is 0.364. The van der Waals surface area contributed by atoms with Gasteiger partial charge in [0.15, 0.2) is 0 Å². The van der Waals surface area contributed by atoms with Crippen molar-refractivity contribution in [2.45, 2.75) is 27.7 Å². The van der Waals surface area contributed by atoms with Crippen LogP contribution < -0.4 is 10.5 Å². The van der Waals surface area contributed by atoms with Crippen LogP contribution in [0.5, 0.6) is 5.75 Å². The largest absolute Gasteiger partial charge is 0.410 e. The molecule has 14 heavy (non-hydrogen) atoms. The lowest BCUT2D eigenvalue weighted by atomic mass is 9.99. The summed E-state index contributed by atoms with van der Waals surface area (Å²) in [5, 5.41) is 0. The van der Waals surface area contributed by atoms with Crippen molar-refractivity contribution in [3.8, 4) is 5.75 Å². The molecule has 0 aliphatic rings. The minimum absolute atomic E-state index is 0.554. The van der Waals surface area contributed by atoms with Gasteiger partial charge in [-0.05, 0) is 56.0 Å². The minimum Gasteiger partial charge on any atom is -0.410 e. The third-order valence-corrected chi connectivity index (χ3v) is 2.64. The second-order valence-corrected chi connectivity index (χ2v) is 3.49. The lowest BCUT2D eigenvalue weighted by Gasteiger charge is -2.12. The molecule has 0 aromatic heterocycles. The predicted molar refractivity (Wildman–Crippen MR) is 55.6 cm³/mol. The minimum atomic E-state index is -0.768. The lowest BCUT2D eigenvalue weighted by molar-refractivity contribution is 0.210. The zero-order valence-corrected chi connectivity index (χ0v) is 8.97. The van der Waals surface area contributed by atoms with Crippen LogP contribution in [0.3, 0.4) is 0 Å². The highest BCUT2D eigenvalue weighted by Gasteiger charge is 2.09. The molecule has 2 N–H and O–H groups in total. The highest BCUT2D eigenvalue weighted by atomic mass is 16.5. The summed E-state index contributed by atoms with van der Waals surface area (Å²) >= 11 is 0. The Hall–Kier alpha value is -1.51. The Labute approximate surface area is 83.9 Å². The first-order valence-corrected chi connectivity index (χ1v) is 4.48. The van der Waals surface area contributed by atoms with Crippen molar-refractivity contribution < 1.29 is 9.53 Å². The van der Waals surface area contributed by atoms with E-state index in [1.807, 2.05) is 33.8 Å². The van der Waals surface area contributed by atoms with Crippen LogP contribution in [0.4, 0.5) is 4.79 Å². The second-order valence-electron chi connectivity index (χ2n) is 3.49. The predicted octanol–water partition coefficient (Wildman–Crippen LogP) is 2.38. The molecule has 1 amide bonds. The van der Waals surface area contributed by atoms with Gasteiger partial charge in [-0.3, -0.25) is 0 Å². The molecule has 3 nitrogen and oxygen atoms in total. The Morgan fingerprint density at radius 2 is 1.71 bits per heavy atom. The van der Waals surface area contributed by atoms with Crippen LogP contribution in [0.15, 0.2) is 6.07 Å². The van der Waals surface area contributed by atoms with E-state index < -0.39 is 6.09 Å². The van der Waals surface area contributed by atoms with Crippen LogP contribution in [0, 0.1) is 27.7 Å². The van der Waals surface area contributed by atoms with Gasteiger partial charge in [0, 0.05) is 0 Å². The van der Waals surface area contributed by atoms with Gasteiger partial charge < -0.3 is 10.5 Å². The smallest absolute Gasteiger partial charge is 0.409 e. The zero-order chi connectivity index (χ0) is 10.9. The van der Waals surface area contributed by atoms with E-state index in [0.717, 1.165) is 16.7 Å². The number of hydrogen-bond acceptors (Lipinski definition) is 2. The maximum atomic E-state index is 10.6. The van der Waals surface area contributed by atoms with Gasteiger partial charge in [-0.2, -0.15) is 0 Å². The number of nitrogens with two attached hydrogens (primary N) is 1. The number of hydrogen-bond donors (Lipinski definition) is 1. The zero-order valence-electron chi connectivity index (χ0n) is 8.97. The van der Waals surface area contributed by atoms with Gasteiger partial charge in [0.25, 0.3) is 0 Å². The number of aryl methyl sites for hydroxylation is 1. The van der Waals surface area contributed by atoms with Crippen molar-refractivity contribution in [1.29, 1.82) is 0 Å². The number of carbonyl (C=O) groups is 1. The third-order valence-electron chi connectivity index (χ3n) is 2.64. The normalized spacial score (nSPS) is 10.0. The first-order chi connectivity index (χ1) is 6.43. The number of ether oxygens (including phenoxy) is 1. The summed E-state index contributed by atoms with van der Waals surface area (Å²) in [5.74, 6) is 0.554. The molecule has 76 valence electrons. The van der Waals surface area contributed by atoms with Crippen molar-refractivity contribution in [2.75, 3.05) is 0 Å². The molecule has 3 heteroatoms. The van der Waals surface area contributed by atoms with Crippen LogP contribution in [-0.4, -0.2) is 6.09 Å². The summed E-state index contributed by atoms with van der Waals surface area (Å²) in [6.07, 6.45) is -0.768. The van der Waals surface area contributed by atoms with Crippen LogP contribution in [0.25, 0.3) is 0 Å². The molecule has 0 bridgehead atoms. The molecule has 1 aromatic carbocycles. The van der Waals surface area contributed by atoms with Gasteiger partial charge >= 0.3 is 6.09 Å². The summed E-state index contributed by atoms with van der Waals surface area (Å²) < 4.78 is 4.90. The van der Waals surface area contributed by atoms with E-state index in [9.17, 15) is 4.79 Å². The third kappa shape index (κ3) is 1.87. The molecule has 1 rings (SSSR count). The summed E-state index contributed by atoms with van der Waals surface area (Å²) in [5.41, 5.74) is 9.40. The highest BCUT2D eigenvalue weighted by Crippen LogP contribution is 2.26. The van der Waals surface area contributed by atoms with Gasteiger partial charge in [-0.1, -0.05) is 0 Å². The van der Waals surface area contributed by atoms with E-state index in [0.29, 0.717) is 5.75 Å². The van der Waals surface area contributed by atoms with E-state index in [4.69, 9.17) is 10.5 Å². The fourth-order valence-electron chi connectivity index (χ4n) is 1.39. The van der Waals surface area contributed by atoms with Gasteiger partial charge in [-0.15, -0.1) is 0 Å². The SMILES string of the molecule is Cc1cc(OC(N)=O)c(C)c(C)c1C. The molecule has 0 spiro atoms. The van der Waals surface area contributed by atoms with Crippen LogP contribution >= 0.6 is 0 Å². The molecule has 0 unspecified atom stereocenters. The van der Waals surface area contributed by atoms with Crippen LogP contribution in [0.2, 0.25) is 0 Å². The number of rotatable bonds is 1. The Balaban J connectivity index is 3.25. The lowest BCUT2D eigenvalue weighted by Crippen LogP contribution is -2.17. The molecule has 0 atom stereocenters.